The van der Waals surface area contributed by atoms with Crippen LogP contribution < -0.4 is 10.6 Å². The molecule has 1 saturated carbocycles. The summed E-state index contributed by atoms with van der Waals surface area (Å²) in [5.41, 5.74) is 0. The van der Waals surface area contributed by atoms with Crippen molar-refractivity contribution in [2.45, 2.75) is 57.2 Å². The predicted octanol–water partition coefficient (Wildman–Crippen LogP) is 1.98. The maximum absolute atomic E-state index is 4.35. The molecule has 2 heterocycles. The molecule has 1 aliphatic carbocycles. The Balaban J connectivity index is 1.60. The molecule has 3 rings (SSSR count). The standard InChI is InChI=1S/C14H24N4/c1-10(14-16-8-9-17-14)18-13-5-2-4-11(13)12-6-3-7-15-12/h8-13,15,18H,2-7H2,1H3,(H,16,17). The number of hydrogen-bond acceptors (Lipinski definition) is 3. The van der Waals surface area contributed by atoms with Crippen molar-refractivity contribution in [3.05, 3.63) is 18.2 Å². The summed E-state index contributed by atoms with van der Waals surface area (Å²) in [5, 5.41) is 7.45. The minimum atomic E-state index is 0.326. The van der Waals surface area contributed by atoms with Crippen LogP contribution >= 0.6 is 0 Å². The first kappa shape index (κ1) is 12.2. The maximum atomic E-state index is 4.35. The van der Waals surface area contributed by atoms with E-state index in [-0.39, 0.29) is 0 Å². The summed E-state index contributed by atoms with van der Waals surface area (Å²) in [6.45, 7) is 3.41. The molecule has 1 aromatic rings. The van der Waals surface area contributed by atoms with Crippen LogP contribution in [0.15, 0.2) is 12.4 Å². The highest BCUT2D eigenvalue weighted by atomic mass is 15.1. The van der Waals surface area contributed by atoms with Crippen LogP contribution in [-0.4, -0.2) is 28.6 Å². The molecule has 0 bridgehead atoms. The molecular formula is C14H24N4. The van der Waals surface area contributed by atoms with Crippen LogP contribution in [0.3, 0.4) is 0 Å². The van der Waals surface area contributed by atoms with Gasteiger partial charge in [-0.1, -0.05) is 6.42 Å². The molecule has 0 spiro atoms. The number of aromatic amines is 1. The number of aromatic nitrogens is 2. The maximum Gasteiger partial charge on any atom is 0.122 e. The van der Waals surface area contributed by atoms with E-state index in [0.29, 0.717) is 12.1 Å². The highest BCUT2D eigenvalue weighted by molar-refractivity contribution is 4.99. The van der Waals surface area contributed by atoms with E-state index in [0.717, 1.165) is 17.8 Å². The summed E-state index contributed by atoms with van der Waals surface area (Å²) in [5.74, 6) is 1.87. The normalized spacial score (nSPS) is 33.9. The third-order valence-electron chi connectivity index (χ3n) is 4.58. The lowest BCUT2D eigenvalue weighted by Gasteiger charge is -2.28. The average Bonchev–Trinajstić information content (AvgIpc) is 3.11. The fourth-order valence-corrected chi connectivity index (χ4v) is 3.67. The van der Waals surface area contributed by atoms with E-state index >= 15 is 0 Å². The van der Waals surface area contributed by atoms with Crippen molar-refractivity contribution in [1.82, 2.24) is 20.6 Å². The molecule has 2 aliphatic rings. The minimum absolute atomic E-state index is 0.326. The highest BCUT2D eigenvalue weighted by Crippen LogP contribution is 2.33. The minimum Gasteiger partial charge on any atom is -0.347 e. The van der Waals surface area contributed by atoms with Gasteiger partial charge >= 0.3 is 0 Å². The molecule has 100 valence electrons. The number of imidazole rings is 1. The van der Waals surface area contributed by atoms with Crippen molar-refractivity contribution in [2.75, 3.05) is 6.54 Å². The topological polar surface area (TPSA) is 52.7 Å². The number of nitrogens with one attached hydrogen (secondary N) is 3. The number of H-pyrrole nitrogens is 1. The lowest BCUT2D eigenvalue weighted by Crippen LogP contribution is -2.43. The summed E-state index contributed by atoms with van der Waals surface area (Å²) in [4.78, 5) is 7.55. The molecule has 4 nitrogen and oxygen atoms in total. The van der Waals surface area contributed by atoms with Crippen molar-refractivity contribution in [1.29, 1.82) is 0 Å². The van der Waals surface area contributed by atoms with Gasteiger partial charge in [-0.05, 0) is 45.1 Å². The Hall–Kier alpha value is -0.870. The van der Waals surface area contributed by atoms with Crippen LogP contribution in [-0.2, 0) is 0 Å². The molecule has 18 heavy (non-hydrogen) atoms. The monoisotopic (exact) mass is 248 g/mol. The average molecular weight is 248 g/mol. The van der Waals surface area contributed by atoms with Crippen LogP contribution in [0.5, 0.6) is 0 Å². The van der Waals surface area contributed by atoms with E-state index in [2.05, 4.69) is 27.5 Å². The van der Waals surface area contributed by atoms with Gasteiger partial charge in [0.25, 0.3) is 0 Å². The summed E-state index contributed by atoms with van der Waals surface area (Å²) < 4.78 is 0. The molecule has 2 fully saturated rings. The molecular weight excluding hydrogens is 224 g/mol. The SMILES string of the molecule is CC(NC1CCCC1C1CCCN1)c1ncc[nH]1. The summed E-state index contributed by atoms with van der Waals surface area (Å²) in [6.07, 6.45) is 10.5. The Bertz CT molecular complexity index is 356. The predicted molar refractivity (Wildman–Crippen MR) is 72.3 cm³/mol. The largest absolute Gasteiger partial charge is 0.347 e. The van der Waals surface area contributed by atoms with Gasteiger partial charge in [0.05, 0.1) is 6.04 Å². The van der Waals surface area contributed by atoms with Gasteiger partial charge in [-0.25, -0.2) is 4.98 Å². The van der Waals surface area contributed by atoms with E-state index in [1.165, 1.54) is 38.6 Å². The van der Waals surface area contributed by atoms with Gasteiger partial charge in [-0.2, -0.15) is 0 Å². The van der Waals surface area contributed by atoms with Crippen LogP contribution in [0.4, 0.5) is 0 Å². The van der Waals surface area contributed by atoms with E-state index in [1.54, 1.807) is 0 Å². The van der Waals surface area contributed by atoms with E-state index in [1.807, 2.05) is 12.4 Å². The third kappa shape index (κ3) is 2.45. The Morgan fingerprint density at radius 1 is 1.33 bits per heavy atom. The van der Waals surface area contributed by atoms with Gasteiger partial charge in [0.1, 0.15) is 5.82 Å². The van der Waals surface area contributed by atoms with Crippen LogP contribution in [0.25, 0.3) is 0 Å². The van der Waals surface area contributed by atoms with Crippen molar-refractivity contribution in [3.8, 4) is 0 Å². The van der Waals surface area contributed by atoms with Crippen molar-refractivity contribution >= 4 is 0 Å². The van der Waals surface area contributed by atoms with Crippen LogP contribution in [0.1, 0.15) is 50.9 Å². The number of hydrogen-bond donors (Lipinski definition) is 3. The van der Waals surface area contributed by atoms with Gasteiger partial charge < -0.3 is 15.6 Å². The van der Waals surface area contributed by atoms with Gasteiger partial charge in [0.15, 0.2) is 0 Å². The molecule has 0 aromatic carbocycles. The summed E-state index contributed by atoms with van der Waals surface area (Å²) in [6, 6.07) is 1.72. The second-order valence-corrected chi connectivity index (χ2v) is 5.77. The van der Waals surface area contributed by atoms with Gasteiger partial charge in [0.2, 0.25) is 0 Å². The zero-order valence-electron chi connectivity index (χ0n) is 11.2. The van der Waals surface area contributed by atoms with Gasteiger partial charge in [-0.3, -0.25) is 0 Å². The van der Waals surface area contributed by atoms with Gasteiger partial charge in [-0.15, -0.1) is 0 Å². The Labute approximate surface area is 109 Å². The molecule has 0 radical (unpaired) electrons. The van der Waals surface area contributed by atoms with Crippen LogP contribution in [0, 0.1) is 5.92 Å². The zero-order chi connectivity index (χ0) is 12.4. The fourth-order valence-electron chi connectivity index (χ4n) is 3.67. The molecule has 4 atom stereocenters. The summed E-state index contributed by atoms with van der Waals surface area (Å²) >= 11 is 0. The molecule has 4 heteroatoms. The highest BCUT2D eigenvalue weighted by Gasteiger charge is 2.35. The van der Waals surface area contributed by atoms with Crippen LogP contribution in [0.2, 0.25) is 0 Å². The molecule has 3 N–H and O–H groups in total. The number of nitrogens with zero attached hydrogens (tertiary/aromatic N) is 1. The molecule has 0 amide bonds. The third-order valence-corrected chi connectivity index (χ3v) is 4.58. The zero-order valence-corrected chi connectivity index (χ0v) is 11.2. The van der Waals surface area contributed by atoms with Crippen molar-refractivity contribution in [3.63, 3.8) is 0 Å². The molecule has 4 unspecified atom stereocenters. The van der Waals surface area contributed by atoms with E-state index in [4.69, 9.17) is 0 Å². The second kappa shape index (κ2) is 5.41. The fraction of sp³-hybridized carbons (Fsp3) is 0.786. The first-order valence-electron chi connectivity index (χ1n) is 7.33. The quantitative estimate of drug-likeness (QED) is 0.763. The van der Waals surface area contributed by atoms with Crippen molar-refractivity contribution in [2.24, 2.45) is 5.92 Å². The first-order valence-corrected chi connectivity index (χ1v) is 7.33. The summed E-state index contributed by atoms with van der Waals surface area (Å²) in [7, 11) is 0. The molecule has 1 aliphatic heterocycles. The Morgan fingerprint density at radius 3 is 3.00 bits per heavy atom. The molecule has 1 saturated heterocycles. The lowest BCUT2D eigenvalue weighted by atomic mass is 9.92. The smallest absolute Gasteiger partial charge is 0.122 e. The van der Waals surface area contributed by atoms with E-state index < -0.39 is 0 Å². The first-order chi connectivity index (χ1) is 8.84. The van der Waals surface area contributed by atoms with E-state index in [9.17, 15) is 0 Å². The number of rotatable bonds is 4. The van der Waals surface area contributed by atoms with Gasteiger partial charge in [0, 0.05) is 24.5 Å². The van der Waals surface area contributed by atoms with Crippen molar-refractivity contribution < 1.29 is 0 Å². The molecule has 1 aromatic heterocycles. The second-order valence-electron chi connectivity index (χ2n) is 5.77. The lowest BCUT2D eigenvalue weighted by molar-refractivity contribution is 0.301. The Morgan fingerprint density at radius 2 is 2.28 bits per heavy atom. The Kier molecular flexibility index (Phi) is 3.66.